The highest BCUT2D eigenvalue weighted by molar-refractivity contribution is 7.90. The first-order valence-corrected chi connectivity index (χ1v) is 9.45. The molecule has 0 amide bonds. The van der Waals surface area contributed by atoms with Crippen molar-refractivity contribution in [2.45, 2.75) is 46.1 Å². The molecule has 0 aliphatic carbocycles. The lowest BCUT2D eigenvalue weighted by atomic mass is 10.1. The summed E-state index contributed by atoms with van der Waals surface area (Å²) in [5, 5.41) is 6.50. The van der Waals surface area contributed by atoms with Crippen LogP contribution >= 0.6 is 0 Å². The van der Waals surface area contributed by atoms with Crippen LogP contribution in [0.15, 0.2) is 6.33 Å². The van der Waals surface area contributed by atoms with Gasteiger partial charge in [-0.2, -0.15) is 0 Å². The Labute approximate surface area is 127 Å². The van der Waals surface area contributed by atoms with Crippen LogP contribution in [0, 0.1) is 0 Å². The Hall–Kier alpha value is -1.37. The van der Waals surface area contributed by atoms with E-state index in [2.05, 4.69) is 34.4 Å². The molecule has 0 radical (unpaired) electrons. The fraction of sp³-hybridized carbons (Fsp3) is 0.714. The van der Waals surface area contributed by atoms with Crippen LogP contribution < -0.4 is 10.6 Å². The van der Waals surface area contributed by atoms with Gasteiger partial charge in [0.25, 0.3) is 0 Å². The van der Waals surface area contributed by atoms with Gasteiger partial charge in [0, 0.05) is 24.4 Å². The predicted octanol–water partition coefficient (Wildman–Crippen LogP) is 2.10. The highest BCUT2D eigenvalue weighted by Crippen LogP contribution is 2.22. The Balaban J connectivity index is 2.94. The molecule has 1 unspecified atom stereocenters. The van der Waals surface area contributed by atoms with Crippen molar-refractivity contribution in [3.8, 4) is 0 Å². The lowest BCUT2D eigenvalue weighted by Crippen LogP contribution is -2.26. The molecule has 0 aliphatic rings. The standard InChI is InChI=1S/C14H26N4O2S/c1-5-7-12-13(15-8-6-2)16-10-17-14(12)18-11(3)9-21(4,19)20/h10-11H,5-9H2,1-4H3,(H2,15,16,17,18). The molecule has 0 fully saturated rings. The Bertz CT molecular complexity index is 546. The maximum Gasteiger partial charge on any atom is 0.149 e. The second-order valence-electron chi connectivity index (χ2n) is 5.36. The van der Waals surface area contributed by atoms with E-state index in [-0.39, 0.29) is 11.8 Å². The third-order valence-corrected chi connectivity index (χ3v) is 4.03. The van der Waals surface area contributed by atoms with Gasteiger partial charge in [-0.05, 0) is 19.8 Å². The van der Waals surface area contributed by atoms with Crippen LogP contribution in [-0.2, 0) is 16.3 Å². The van der Waals surface area contributed by atoms with Crippen LogP contribution in [0.5, 0.6) is 0 Å². The number of rotatable bonds is 9. The molecule has 7 heteroatoms. The van der Waals surface area contributed by atoms with Crippen LogP contribution in [0.1, 0.15) is 39.2 Å². The molecule has 0 bridgehead atoms. The molecule has 1 aromatic rings. The number of hydrogen-bond donors (Lipinski definition) is 2. The fourth-order valence-electron chi connectivity index (χ4n) is 2.15. The van der Waals surface area contributed by atoms with Gasteiger partial charge < -0.3 is 10.6 Å². The number of sulfone groups is 1. The molecular weight excluding hydrogens is 288 g/mol. The van der Waals surface area contributed by atoms with Gasteiger partial charge in [0.05, 0.1) is 5.75 Å². The molecular formula is C14H26N4O2S. The van der Waals surface area contributed by atoms with Gasteiger partial charge in [-0.15, -0.1) is 0 Å². The molecule has 6 nitrogen and oxygen atoms in total. The number of nitrogens with one attached hydrogen (secondary N) is 2. The molecule has 1 heterocycles. The van der Waals surface area contributed by atoms with Crippen molar-refractivity contribution in [3.63, 3.8) is 0 Å². The minimum atomic E-state index is -3.01. The van der Waals surface area contributed by atoms with Gasteiger partial charge in [-0.3, -0.25) is 0 Å². The summed E-state index contributed by atoms with van der Waals surface area (Å²) >= 11 is 0. The van der Waals surface area contributed by atoms with Gasteiger partial charge in [-0.25, -0.2) is 18.4 Å². The smallest absolute Gasteiger partial charge is 0.149 e. The maximum atomic E-state index is 11.4. The molecule has 0 spiro atoms. The molecule has 1 rings (SSSR count). The van der Waals surface area contributed by atoms with Crippen LogP contribution in [0.4, 0.5) is 11.6 Å². The summed E-state index contributed by atoms with van der Waals surface area (Å²) in [5.41, 5.74) is 1.02. The maximum absolute atomic E-state index is 11.4. The summed E-state index contributed by atoms with van der Waals surface area (Å²) in [6.07, 6.45) is 5.59. The largest absolute Gasteiger partial charge is 0.370 e. The first-order chi connectivity index (χ1) is 9.87. The SMILES string of the molecule is CCCNc1ncnc(NC(C)CS(C)(=O)=O)c1CCC. The van der Waals surface area contributed by atoms with E-state index in [0.717, 1.165) is 43.0 Å². The van der Waals surface area contributed by atoms with E-state index in [4.69, 9.17) is 0 Å². The van der Waals surface area contributed by atoms with Crippen LogP contribution in [0.3, 0.4) is 0 Å². The summed E-state index contributed by atoms with van der Waals surface area (Å²) in [4.78, 5) is 8.58. The quantitative estimate of drug-likeness (QED) is 0.726. The zero-order chi connectivity index (χ0) is 15.9. The van der Waals surface area contributed by atoms with E-state index in [1.165, 1.54) is 12.6 Å². The highest BCUT2D eigenvalue weighted by Gasteiger charge is 2.15. The van der Waals surface area contributed by atoms with Gasteiger partial charge in [0.1, 0.15) is 27.8 Å². The first-order valence-electron chi connectivity index (χ1n) is 7.39. The third kappa shape index (κ3) is 6.29. The number of anilines is 2. The first kappa shape index (κ1) is 17.7. The minimum absolute atomic E-state index is 0.0836. The zero-order valence-electron chi connectivity index (χ0n) is 13.3. The summed E-state index contributed by atoms with van der Waals surface area (Å²) < 4.78 is 22.7. The molecule has 0 aromatic carbocycles. The monoisotopic (exact) mass is 314 g/mol. The predicted molar refractivity (Wildman–Crippen MR) is 87.6 cm³/mol. The van der Waals surface area contributed by atoms with E-state index < -0.39 is 9.84 Å². The van der Waals surface area contributed by atoms with Crippen molar-refractivity contribution in [3.05, 3.63) is 11.9 Å². The van der Waals surface area contributed by atoms with Gasteiger partial charge in [0.15, 0.2) is 0 Å². The van der Waals surface area contributed by atoms with Crippen molar-refractivity contribution >= 4 is 21.5 Å². The van der Waals surface area contributed by atoms with Crippen LogP contribution in [-0.4, -0.2) is 43.0 Å². The summed E-state index contributed by atoms with van der Waals surface area (Å²) in [6, 6.07) is -0.190. The molecule has 1 atom stereocenters. The van der Waals surface area contributed by atoms with Crippen molar-refractivity contribution in [2.24, 2.45) is 0 Å². The lowest BCUT2D eigenvalue weighted by Gasteiger charge is -2.18. The summed E-state index contributed by atoms with van der Waals surface area (Å²) in [6.45, 7) is 6.89. The molecule has 1 aromatic heterocycles. The van der Waals surface area contributed by atoms with Crippen LogP contribution in [0.2, 0.25) is 0 Å². The van der Waals surface area contributed by atoms with Crippen molar-refractivity contribution in [1.29, 1.82) is 0 Å². The van der Waals surface area contributed by atoms with Gasteiger partial charge >= 0.3 is 0 Å². The number of hydrogen-bond acceptors (Lipinski definition) is 6. The second-order valence-corrected chi connectivity index (χ2v) is 7.55. The zero-order valence-corrected chi connectivity index (χ0v) is 14.1. The molecule has 0 saturated heterocycles. The molecule has 21 heavy (non-hydrogen) atoms. The summed E-state index contributed by atoms with van der Waals surface area (Å²) in [7, 11) is -3.01. The van der Waals surface area contributed by atoms with Crippen molar-refractivity contribution < 1.29 is 8.42 Å². The van der Waals surface area contributed by atoms with E-state index in [1.807, 2.05) is 6.92 Å². The van der Waals surface area contributed by atoms with Crippen molar-refractivity contribution in [2.75, 3.05) is 29.2 Å². The molecule has 120 valence electrons. The van der Waals surface area contributed by atoms with E-state index in [0.29, 0.717) is 0 Å². The van der Waals surface area contributed by atoms with Gasteiger partial charge in [0.2, 0.25) is 0 Å². The fourth-order valence-corrected chi connectivity index (χ4v) is 3.14. The number of nitrogens with zero attached hydrogens (tertiary/aromatic N) is 2. The topological polar surface area (TPSA) is 84.0 Å². The molecule has 2 N–H and O–H groups in total. The second kappa shape index (κ2) is 8.17. The molecule has 0 aliphatic heterocycles. The molecule has 0 saturated carbocycles. The highest BCUT2D eigenvalue weighted by atomic mass is 32.2. The Morgan fingerprint density at radius 1 is 1.19 bits per heavy atom. The minimum Gasteiger partial charge on any atom is -0.370 e. The Morgan fingerprint density at radius 2 is 1.86 bits per heavy atom. The Kier molecular flexibility index (Phi) is 6.87. The Morgan fingerprint density at radius 3 is 2.43 bits per heavy atom. The lowest BCUT2D eigenvalue weighted by molar-refractivity contribution is 0.598. The number of aromatic nitrogens is 2. The normalized spacial score (nSPS) is 13.0. The summed E-state index contributed by atoms with van der Waals surface area (Å²) in [5.74, 6) is 1.64. The third-order valence-electron chi connectivity index (χ3n) is 2.92. The average molecular weight is 314 g/mol. The van der Waals surface area contributed by atoms with Gasteiger partial charge in [-0.1, -0.05) is 20.3 Å². The van der Waals surface area contributed by atoms with E-state index in [1.54, 1.807) is 0 Å². The average Bonchev–Trinajstić information content (AvgIpc) is 2.37. The van der Waals surface area contributed by atoms with E-state index in [9.17, 15) is 8.42 Å². The van der Waals surface area contributed by atoms with Crippen molar-refractivity contribution in [1.82, 2.24) is 9.97 Å². The van der Waals surface area contributed by atoms with Crippen LogP contribution in [0.25, 0.3) is 0 Å². The van der Waals surface area contributed by atoms with E-state index >= 15 is 0 Å².